The van der Waals surface area contributed by atoms with Gasteiger partial charge in [0.1, 0.15) is 6.04 Å². The lowest BCUT2D eigenvalue weighted by Crippen LogP contribution is -2.40. The van der Waals surface area contributed by atoms with Crippen LogP contribution in [0.1, 0.15) is 24.9 Å². The van der Waals surface area contributed by atoms with Crippen LogP contribution in [0.15, 0.2) is 30.3 Å². The summed E-state index contributed by atoms with van der Waals surface area (Å²) in [5, 5.41) is 2.83. The van der Waals surface area contributed by atoms with Crippen LogP contribution < -0.4 is 11.1 Å². The first kappa shape index (κ1) is 13.5. The molecule has 19 heavy (non-hydrogen) atoms. The Labute approximate surface area is 112 Å². The molecule has 0 aromatic heterocycles. The van der Waals surface area contributed by atoms with E-state index < -0.39 is 6.04 Å². The zero-order valence-electron chi connectivity index (χ0n) is 11.0. The van der Waals surface area contributed by atoms with Gasteiger partial charge in [0.15, 0.2) is 0 Å². The van der Waals surface area contributed by atoms with E-state index in [-0.39, 0.29) is 17.9 Å². The van der Waals surface area contributed by atoms with E-state index in [1.165, 1.54) is 6.92 Å². The standard InChI is InChI=1S/C14H19N3O2/c1-10(18)16-12-7-8-17(9-12)14(19)13(15)11-5-3-2-4-6-11/h2-6,12-13H,7-9,15H2,1H3,(H,16,18)/t12?,13-/m0/s1. The second-order valence-corrected chi connectivity index (χ2v) is 4.86. The third-order valence-electron chi connectivity index (χ3n) is 3.33. The molecule has 3 N–H and O–H groups in total. The number of benzene rings is 1. The Bertz CT molecular complexity index is 461. The van der Waals surface area contributed by atoms with E-state index in [4.69, 9.17) is 5.73 Å². The number of carbonyl (C=O) groups excluding carboxylic acids is 2. The second kappa shape index (κ2) is 5.84. The number of amides is 2. The lowest BCUT2D eigenvalue weighted by Gasteiger charge is -2.21. The Morgan fingerprint density at radius 2 is 2.05 bits per heavy atom. The number of likely N-dealkylation sites (tertiary alicyclic amines) is 1. The summed E-state index contributed by atoms with van der Waals surface area (Å²) in [5.41, 5.74) is 6.80. The molecule has 2 amide bonds. The quantitative estimate of drug-likeness (QED) is 0.828. The van der Waals surface area contributed by atoms with Gasteiger partial charge in [-0.05, 0) is 12.0 Å². The van der Waals surface area contributed by atoms with Gasteiger partial charge in [-0.2, -0.15) is 0 Å². The highest BCUT2D eigenvalue weighted by atomic mass is 16.2. The van der Waals surface area contributed by atoms with Crippen molar-refractivity contribution in [3.8, 4) is 0 Å². The SMILES string of the molecule is CC(=O)NC1CCN(C(=O)[C@@H](N)c2ccccc2)C1. The first-order valence-electron chi connectivity index (χ1n) is 6.44. The van der Waals surface area contributed by atoms with E-state index in [1.54, 1.807) is 4.90 Å². The highest BCUT2D eigenvalue weighted by Gasteiger charge is 2.30. The molecule has 0 radical (unpaired) electrons. The average Bonchev–Trinajstić information content (AvgIpc) is 2.85. The molecule has 5 heteroatoms. The summed E-state index contributed by atoms with van der Waals surface area (Å²) >= 11 is 0. The van der Waals surface area contributed by atoms with E-state index >= 15 is 0 Å². The van der Waals surface area contributed by atoms with E-state index in [9.17, 15) is 9.59 Å². The highest BCUT2D eigenvalue weighted by Crippen LogP contribution is 2.17. The van der Waals surface area contributed by atoms with Gasteiger partial charge in [-0.1, -0.05) is 30.3 Å². The number of nitrogens with two attached hydrogens (primary N) is 1. The number of hydrogen-bond donors (Lipinski definition) is 2. The zero-order valence-corrected chi connectivity index (χ0v) is 11.0. The summed E-state index contributed by atoms with van der Waals surface area (Å²) in [6, 6.07) is 8.75. The van der Waals surface area contributed by atoms with Gasteiger partial charge in [0.05, 0.1) is 0 Å². The fraction of sp³-hybridized carbons (Fsp3) is 0.429. The molecule has 0 bridgehead atoms. The summed E-state index contributed by atoms with van der Waals surface area (Å²) in [4.78, 5) is 25.0. The van der Waals surface area contributed by atoms with Crippen molar-refractivity contribution in [2.24, 2.45) is 5.73 Å². The predicted molar refractivity (Wildman–Crippen MR) is 72.2 cm³/mol. The number of nitrogens with zero attached hydrogens (tertiary/aromatic N) is 1. The summed E-state index contributed by atoms with van der Waals surface area (Å²) < 4.78 is 0. The van der Waals surface area contributed by atoms with Crippen LogP contribution in [0.3, 0.4) is 0 Å². The van der Waals surface area contributed by atoms with Crippen LogP contribution in [0.5, 0.6) is 0 Å². The summed E-state index contributed by atoms with van der Waals surface area (Å²) in [7, 11) is 0. The highest BCUT2D eigenvalue weighted by molar-refractivity contribution is 5.83. The summed E-state index contributed by atoms with van der Waals surface area (Å²) in [6.45, 7) is 2.67. The van der Waals surface area contributed by atoms with Crippen molar-refractivity contribution in [3.05, 3.63) is 35.9 Å². The van der Waals surface area contributed by atoms with Gasteiger partial charge in [0.2, 0.25) is 11.8 Å². The van der Waals surface area contributed by atoms with Gasteiger partial charge in [0, 0.05) is 26.1 Å². The zero-order chi connectivity index (χ0) is 13.8. The Morgan fingerprint density at radius 3 is 2.68 bits per heavy atom. The monoisotopic (exact) mass is 261 g/mol. The van der Waals surface area contributed by atoms with Crippen molar-refractivity contribution in [1.29, 1.82) is 0 Å². The van der Waals surface area contributed by atoms with Gasteiger partial charge < -0.3 is 16.0 Å². The molecular formula is C14H19N3O2. The van der Waals surface area contributed by atoms with E-state index in [1.807, 2.05) is 30.3 Å². The topological polar surface area (TPSA) is 75.4 Å². The Morgan fingerprint density at radius 1 is 1.37 bits per heavy atom. The molecule has 1 aliphatic rings. The van der Waals surface area contributed by atoms with Crippen LogP contribution in [-0.4, -0.2) is 35.8 Å². The molecule has 0 spiro atoms. The van der Waals surface area contributed by atoms with Gasteiger partial charge >= 0.3 is 0 Å². The lowest BCUT2D eigenvalue weighted by molar-refractivity contribution is -0.132. The van der Waals surface area contributed by atoms with Crippen molar-refractivity contribution in [2.75, 3.05) is 13.1 Å². The molecule has 0 saturated carbocycles. The van der Waals surface area contributed by atoms with Crippen LogP contribution in [0.4, 0.5) is 0 Å². The second-order valence-electron chi connectivity index (χ2n) is 4.86. The molecule has 1 aromatic rings. The maximum atomic E-state index is 12.3. The predicted octanol–water partition coefficient (Wildman–Crippen LogP) is 0.423. The first-order valence-corrected chi connectivity index (χ1v) is 6.44. The molecule has 5 nitrogen and oxygen atoms in total. The third-order valence-corrected chi connectivity index (χ3v) is 3.33. The minimum Gasteiger partial charge on any atom is -0.352 e. The van der Waals surface area contributed by atoms with Crippen molar-refractivity contribution >= 4 is 11.8 Å². The molecule has 1 aliphatic heterocycles. The maximum Gasteiger partial charge on any atom is 0.244 e. The molecular weight excluding hydrogens is 242 g/mol. The number of hydrogen-bond acceptors (Lipinski definition) is 3. The minimum atomic E-state index is -0.628. The van der Waals surface area contributed by atoms with Crippen molar-refractivity contribution in [1.82, 2.24) is 10.2 Å². The van der Waals surface area contributed by atoms with Crippen LogP contribution in [0.25, 0.3) is 0 Å². The molecule has 2 atom stereocenters. The van der Waals surface area contributed by atoms with Crippen LogP contribution in [-0.2, 0) is 9.59 Å². The minimum absolute atomic E-state index is 0.0458. The fourth-order valence-electron chi connectivity index (χ4n) is 2.37. The lowest BCUT2D eigenvalue weighted by atomic mass is 10.1. The molecule has 102 valence electrons. The Hall–Kier alpha value is -1.88. The van der Waals surface area contributed by atoms with E-state index in [0.29, 0.717) is 13.1 Å². The molecule has 1 saturated heterocycles. The molecule has 1 unspecified atom stereocenters. The molecule has 1 fully saturated rings. The third kappa shape index (κ3) is 3.32. The molecule has 1 heterocycles. The number of nitrogens with one attached hydrogen (secondary N) is 1. The molecule has 2 rings (SSSR count). The number of carbonyl (C=O) groups is 2. The van der Waals surface area contributed by atoms with Crippen LogP contribution in [0.2, 0.25) is 0 Å². The Balaban J connectivity index is 1.96. The molecule has 1 aromatic carbocycles. The number of rotatable bonds is 3. The molecule has 0 aliphatic carbocycles. The van der Waals surface area contributed by atoms with E-state index in [2.05, 4.69) is 5.32 Å². The summed E-state index contributed by atoms with van der Waals surface area (Å²) in [5.74, 6) is -0.147. The van der Waals surface area contributed by atoms with Gasteiger partial charge in [0.25, 0.3) is 0 Å². The smallest absolute Gasteiger partial charge is 0.244 e. The van der Waals surface area contributed by atoms with Gasteiger partial charge in [-0.25, -0.2) is 0 Å². The van der Waals surface area contributed by atoms with Crippen LogP contribution in [0, 0.1) is 0 Å². The normalized spacial score (nSPS) is 20.1. The van der Waals surface area contributed by atoms with Gasteiger partial charge in [-0.15, -0.1) is 0 Å². The first-order chi connectivity index (χ1) is 9.08. The van der Waals surface area contributed by atoms with Gasteiger partial charge in [-0.3, -0.25) is 9.59 Å². The van der Waals surface area contributed by atoms with Crippen molar-refractivity contribution in [3.63, 3.8) is 0 Å². The fourth-order valence-corrected chi connectivity index (χ4v) is 2.37. The summed E-state index contributed by atoms with van der Waals surface area (Å²) in [6.07, 6.45) is 0.785. The Kier molecular flexibility index (Phi) is 4.16. The van der Waals surface area contributed by atoms with Crippen molar-refractivity contribution < 1.29 is 9.59 Å². The van der Waals surface area contributed by atoms with Crippen molar-refractivity contribution in [2.45, 2.75) is 25.4 Å². The van der Waals surface area contributed by atoms with E-state index in [0.717, 1.165) is 12.0 Å². The maximum absolute atomic E-state index is 12.3. The average molecular weight is 261 g/mol. The largest absolute Gasteiger partial charge is 0.352 e. The van der Waals surface area contributed by atoms with Crippen LogP contribution >= 0.6 is 0 Å².